The molecule has 0 bridgehead atoms. The maximum Gasteiger partial charge on any atom is 0.259 e. The van der Waals surface area contributed by atoms with Gasteiger partial charge in [-0.1, -0.05) is 68.7 Å². The van der Waals surface area contributed by atoms with E-state index in [1.807, 2.05) is 60.7 Å². The van der Waals surface area contributed by atoms with E-state index < -0.39 is 0 Å². The highest BCUT2D eigenvalue weighted by molar-refractivity contribution is 6.13. The molecule has 38 heavy (non-hydrogen) atoms. The van der Waals surface area contributed by atoms with Gasteiger partial charge in [-0.15, -0.1) is 0 Å². The average Bonchev–Trinajstić information content (AvgIpc) is 2.95. The van der Waals surface area contributed by atoms with Gasteiger partial charge in [0.2, 0.25) is 0 Å². The van der Waals surface area contributed by atoms with Crippen LogP contribution >= 0.6 is 0 Å². The molecule has 0 aliphatic rings. The van der Waals surface area contributed by atoms with Crippen molar-refractivity contribution in [3.05, 3.63) is 114 Å². The Morgan fingerprint density at radius 2 is 1.21 bits per heavy atom. The second-order valence-corrected chi connectivity index (χ2v) is 8.93. The topological polar surface area (TPSA) is 79.5 Å². The first-order valence-electron chi connectivity index (χ1n) is 13.0. The number of hydrogen-bond donors (Lipinski definition) is 3. The number of benzene rings is 4. The number of unbranched alkanes of at least 4 members (excludes halogenated alkanes) is 3. The molecule has 0 saturated carbocycles. The lowest BCUT2D eigenvalue weighted by Crippen LogP contribution is -2.19. The van der Waals surface area contributed by atoms with Gasteiger partial charge in [0.05, 0.1) is 23.4 Å². The monoisotopic (exact) mass is 507 g/mol. The van der Waals surface area contributed by atoms with E-state index in [1.54, 1.807) is 42.5 Å². The summed E-state index contributed by atoms with van der Waals surface area (Å²) in [6.45, 7) is 2.72. The SMILES string of the molecule is CCCCCCOc1ccccc1C(=O)Nc1ccccc1C(=O)Nc1ccc(Nc2ccccc2)cc1. The molecule has 0 atom stereocenters. The Balaban J connectivity index is 1.40. The molecule has 4 rings (SSSR count). The number of amides is 2. The van der Waals surface area contributed by atoms with E-state index in [2.05, 4.69) is 22.9 Å². The first-order chi connectivity index (χ1) is 18.6. The Morgan fingerprint density at radius 3 is 1.97 bits per heavy atom. The molecule has 0 aromatic heterocycles. The molecule has 0 heterocycles. The number of carbonyl (C=O) groups is 2. The predicted molar refractivity (Wildman–Crippen MR) is 155 cm³/mol. The van der Waals surface area contributed by atoms with Crippen molar-refractivity contribution in [1.29, 1.82) is 0 Å². The van der Waals surface area contributed by atoms with Crippen LogP contribution in [0, 0.1) is 0 Å². The summed E-state index contributed by atoms with van der Waals surface area (Å²) in [5.74, 6) is -0.108. The molecule has 0 saturated heterocycles. The molecule has 4 aromatic rings. The molecule has 0 unspecified atom stereocenters. The Hall–Kier alpha value is -4.58. The van der Waals surface area contributed by atoms with Crippen molar-refractivity contribution in [3.8, 4) is 5.75 Å². The fraction of sp³-hybridized carbons (Fsp3) is 0.188. The standard InChI is InChI=1S/C32H33N3O3/c1-2-3-4-12-23-38-30-18-11-9-16-28(30)32(37)35-29-17-10-8-15-27(29)31(36)34-26-21-19-25(20-22-26)33-24-13-6-5-7-14-24/h5-11,13-22,33H,2-4,12,23H2,1H3,(H,34,36)(H,35,37). The van der Waals surface area contributed by atoms with E-state index in [1.165, 1.54) is 6.42 Å². The first-order valence-corrected chi connectivity index (χ1v) is 13.0. The molecule has 0 aliphatic heterocycles. The average molecular weight is 508 g/mol. The summed E-state index contributed by atoms with van der Waals surface area (Å²) in [5, 5.41) is 9.13. The number of ether oxygens (including phenoxy) is 1. The molecule has 3 N–H and O–H groups in total. The summed E-state index contributed by atoms with van der Waals surface area (Å²) in [6, 6.07) is 31.5. The van der Waals surface area contributed by atoms with Gasteiger partial charge in [0, 0.05) is 17.1 Å². The summed E-state index contributed by atoms with van der Waals surface area (Å²) < 4.78 is 5.90. The van der Waals surface area contributed by atoms with Crippen LogP contribution in [0.2, 0.25) is 0 Å². The molecule has 2 amide bonds. The Kier molecular flexibility index (Phi) is 9.51. The van der Waals surface area contributed by atoms with Crippen LogP contribution in [0.5, 0.6) is 5.75 Å². The van der Waals surface area contributed by atoms with Crippen LogP contribution in [-0.4, -0.2) is 18.4 Å². The second-order valence-electron chi connectivity index (χ2n) is 8.93. The predicted octanol–water partition coefficient (Wildman–Crippen LogP) is 7.89. The van der Waals surface area contributed by atoms with Gasteiger partial charge in [-0.2, -0.15) is 0 Å². The van der Waals surface area contributed by atoms with Crippen LogP contribution in [0.1, 0.15) is 53.3 Å². The molecular formula is C32H33N3O3. The number of hydrogen-bond acceptors (Lipinski definition) is 4. The number of rotatable bonds is 12. The maximum absolute atomic E-state index is 13.2. The van der Waals surface area contributed by atoms with Gasteiger partial charge in [-0.05, 0) is 67.1 Å². The summed E-state index contributed by atoms with van der Waals surface area (Å²) >= 11 is 0. The fourth-order valence-corrected chi connectivity index (χ4v) is 3.99. The van der Waals surface area contributed by atoms with Crippen LogP contribution in [-0.2, 0) is 0 Å². The third-order valence-electron chi connectivity index (χ3n) is 6.01. The normalized spacial score (nSPS) is 10.4. The molecule has 0 radical (unpaired) electrons. The van der Waals surface area contributed by atoms with Crippen molar-refractivity contribution in [2.45, 2.75) is 32.6 Å². The van der Waals surface area contributed by atoms with E-state index in [4.69, 9.17) is 4.74 Å². The van der Waals surface area contributed by atoms with Crippen molar-refractivity contribution in [2.24, 2.45) is 0 Å². The van der Waals surface area contributed by atoms with Crippen LogP contribution in [0.25, 0.3) is 0 Å². The molecule has 6 nitrogen and oxygen atoms in total. The van der Waals surface area contributed by atoms with Crippen molar-refractivity contribution >= 4 is 34.6 Å². The molecule has 194 valence electrons. The van der Waals surface area contributed by atoms with Gasteiger partial charge in [-0.25, -0.2) is 0 Å². The highest BCUT2D eigenvalue weighted by atomic mass is 16.5. The van der Waals surface area contributed by atoms with Crippen LogP contribution in [0.3, 0.4) is 0 Å². The van der Waals surface area contributed by atoms with Gasteiger partial charge < -0.3 is 20.7 Å². The van der Waals surface area contributed by atoms with Gasteiger partial charge in [-0.3, -0.25) is 9.59 Å². The first kappa shape index (κ1) is 26.5. The molecule has 4 aromatic carbocycles. The maximum atomic E-state index is 13.2. The van der Waals surface area contributed by atoms with E-state index in [0.717, 1.165) is 30.6 Å². The third kappa shape index (κ3) is 7.46. The zero-order valence-electron chi connectivity index (χ0n) is 21.6. The minimum atomic E-state index is -0.328. The quantitative estimate of drug-likeness (QED) is 0.170. The molecule has 6 heteroatoms. The van der Waals surface area contributed by atoms with Crippen molar-refractivity contribution < 1.29 is 14.3 Å². The zero-order chi connectivity index (χ0) is 26.6. The van der Waals surface area contributed by atoms with Crippen LogP contribution < -0.4 is 20.7 Å². The highest BCUT2D eigenvalue weighted by Gasteiger charge is 2.17. The van der Waals surface area contributed by atoms with Crippen molar-refractivity contribution in [2.75, 3.05) is 22.6 Å². The number of nitrogens with one attached hydrogen (secondary N) is 3. The van der Waals surface area contributed by atoms with Gasteiger partial charge >= 0.3 is 0 Å². The van der Waals surface area contributed by atoms with Gasteiger partial charge in [0.1, 0.15) is 5.75 Å². The number of para-hydroxylation sites is 3. The van der Waals surface area contributed by atoms with Gasteiger partial charge in [0.15, 0.2) is 0 Å². The van der Waals surface area contributed by atoms with Crippen molar-refractivity contribution in [1.82, 2.24) is 0 Å². The Bertz CT molecular complexity index is 1340. The Labute approximate surface area is 224 Å². The van der Waals surface area contributed by atoms with E-state index in [-0.39, 0.29) is 11.8 Å². The summed E-state index contributed by atoms with van der Waals surface area (Å²) in [5.41, 5.74) is 3.77. The molecule has 0 aliphatic carbocycles. The fourth-order valence-electron chi connectivity index (χ4n) is 3.99. The summed E-state index contributed by atoms with van der Waals surface area (Å²) in [4.78, 5) is 26.3. The molecule has 0 spiro atoms. The number of anilines is 4. The lowest BCUT2D eigenvalue weighted by atomic mass is 10.1. The number of carbonyl (C=O) groups excluding carboxylic acids is 2. The van der Waals surface area contributed by atoms with E-state index in [9.17, 15) is 9.59 Å². The highest BCUT2D eigenvalue weighted by Crippen LogP contribution is 2.24. The van der Waals surface area contributed by atoms with E-state index in [0.29, 0.717) is 34.9 Å². The largest absolute Gasteiger partial charge is 0.493 e. The van der Waals surface area contributed by atoms with Crippen LogP contribution in [0.4, 0.5) is 22.7 Å². The van der Waals surface area contributed by atoms with Gasteiger partial charge in [0.25, 0.3) is 11.8 Å². The van der Waals surface area contributed by atoms with Crippen LogP contribution in [0.15, 0.2) is 103 Å². The minimum Gasteiger partial charge on any atom is -0.493 e. The third-order valence-corrected chi connectivity index (χ3v) is 6.01. The smallest absolute Gasteiger partial charge is 0.259 e. The minimum absolute atomic E-state index is 0.315. The molecule has 0 fully saturated rings. The lowest BCUT2D eigenvalue weighted by molar-refractivity contribution is 0.102. The lowest BCUT2D eigenvalue weighted by Gasteiger charge is -2.14. The van der Waals surface area contributed by atoms with E-state index >= 15 is 0 Å². The Morgan fingerprint density at radius 1 is 0.605 bits per heavy atom. The summed E-state index contributed by atoms with van der Waals surface area (Å²) in [6.07, 6.45) is 4.36. The summed E-state index contributed by atoms with van der Waals surface area (Å²) in [7, 11) is 0. The molecular weight excluding hydrogens is 474 g/mol. The van der Waals surface area contributed by atoms with Crippen molar-refractivity contribution in [3.63, 3.8) is 0 Å². The second kappa shape index (κ2) is 13.7. The zero-order valence-corrected chi connectivity index (χ0v) is 21.6.